The van der Waals surface area contributed by atoms with Gasteiger partial charge in [0, 0.05) is 18.2 Å². The molecule has 1 N–H and O–H groups in total. The van der Waals surface area contributed by atoms with Crippen LogP contribution in [0.2, 0.25) is 0 Å². The first kappa shape index (κ1) is 16.9. The number of rotatable bonds is 7. The molecule has 0 radical (unpaired) electrons. The van der Waals surface area contributed by atoms with Gasteiger partial charge in [0.05, 0.1) is 6.42 Å². The zero-order chi connectivity index (χ0) is 15.2. The summed E-state index contributed by atoms with van der Waals surface area (Å²) < 4.78 is 50.0. The Hall–Kier alpha value is -1.14. The maximum atomic E-state index is 13.7. The molecule has 0 aromatic heterocycles. The zero-order valence-corrected chi connectivity index (χ0v) is 11.7. The van der Waals surface area contributed by atoms with E-state index in [1.54, 1.807) is 37.2 Å². The SMILES string of the molecule is CNC(CCN(C)CCC(F)(F)F)c1ccccc1F. The second-order valence-corrected chi connectivity index (χ2v) is 4.82. The number of nitrogens with zero attached hydrogens (tertiary/aromatic N) is 1. The van der Waals surface area contributed by atoms with Gasteiger partial charge in [-0.05, 0) is 33.1 Å². The molecule has 0 saturated carbocycles. The fourth-order valence-electron chi connectivity index (χ4n) is 1.99. The van der Waals surface area contributed by atoms with Crippen molar-refractivity contribution in [1.82, 2.24) is 10.2 Å². The Morgan fingerprint density at radius 2 is 1.85 bits per heavy atom. The van der Waals surface area contributed by atoms with Gasteiger partial charge < -0.3 is 10.2 Å². The van der Waals surface area contributed by atoms with Crippen molar-refractivity contribution in [3.63, 3.8) is 0 Å². The highest BCUT2D eigenvalue weighted by molar-refractivity contribution is 5.21. The lowest BCUT2D eigenvalue weighted by molar-refractivity contribution is -0.137. The van der Waals surface area contributed by atoms with Gasteiger partial charge in [0.2, 0.25) is 0 Å². The van der Waals surface area contributed by atoms with Crippen LogP contribution in [0.1, 0.15) is 24.4 Å². The highest BCUT2D eigenvalue weighted by Gasteiger charge is 2.27. The van der Waals surface area contributed by atoms with Gasteiger partial charge in [-0.25, -0.2) is 4.39 Å². The Morgan fingerprint density at radius 1 is 1.20 bits per heavy atom. The first-order chi connectivity index (χ1) is 9.33. The molecule has 1 unspecified atom stereocenters. The smallest absolute Gasteiger partial charge is 0.313 e. The first-order valence-corrected chi connectivity index (χ1v) is 6.50. The number of nitrogens with one attached hydrogen (secondary N) is 1. The Bertz CT molecular complexity index is 406. The minimum absolute atomic E-state index is 0.0444. The van der Waals surface area contributed by atoms with Gasteiger partial charge in [-0.2, -0.15) is 13.2 Å². The molecule has 0 aliphatic carbocycles. The van der Waals surface area contributed by atoms with Gasteiger partial charge in [-0.3, -0.25) is 0 Å². The number of hydrogen-bond acceptors (Lipinski definition) is 2. The number of hydrogen-bond donors (Lipinski definition) is 1. The third-order valence-electron chi connectivity index (χ3n) is 3.21. The van der Waals surface area contributed by atoms with Gasteiger partial charge in [-0.15, -0.1) is 0 Å². The molecule has 0 amide bonds. The van der Waals surface area contributed by atoms with Crippen molar-refractivity contribution in [2.75, 3.05) is 27.2 Å². The van der Waals surface area contributed by atoms with Crippen LogP contribution < -0.4 is 5.32 Å². The molecule has 0 fully saturated rings. The number of halogens is 4. The third kappa shape index (κ3) is 5.88. The van der Waals surface area contributed by atoms with E-state index < -0.39 is 12.6 Å². The number of benzene rings is 1. The lowest BCUT2D eigenvalue weighted by Gasteiger charge is -2.22. The molecule has 6 heteroatoms. The summed E-state index contributed by atoms with van der Waals surface area (Å²) in [5, 5.41) is 3.00. The largest absolute Gasteiger partial charge is 0.390 e. The van der Waals surface area contributed by atoms with Gasteiger partial charge >= 0.3 is 6.18 Å². The van der Waals surface area contributed by atoms with Crippen LogP contribution in [0.15, 0.2) is 24.3 Å². The van der Waals surface area contributed by atoms with E-state index in [2.05, 4.69) is 5.32 Å². The van der Waals surface area contributed by atoms with Gasteiger partial charge in [0.1, 0.15) is 5.82 Å². The van der Waals surface area contributed by atoms with E-state index >= 15 is 0 Å². The molecule has 0 aliphatic heterocycles. The predicted octanol–water partition coefficient (Wildman–Crippen LogP) is 3.36. The van der Waals surface area contributed by atoms with Crippen LogP contribution in [0.25, 0.3) is 0 Å². The van der Waals surface area contributed by atoms with Crippen molar-refractivity contribution >= 4 is 0 Å². The molecular formula is C14H20F4N2. The van der Waals surface area contributed by atoms with Crippen molar-refractivity contribution in [3.8, 4) is 0 Å². The van der Waals surface area contributed by atoms with E-state index in [0.717, 1.165) is 0 Å². The summed E-state index contributed by atoms with van der Waals surface area (Å²) in [4.78, 5) is 1.61. The molecule has 1 atom stereocenters. The highest BCUT2D eigenvalue weighted by atomic mass is 19.4. The molecule has 1 aromatic carbocycles. The van der Waals surface area contributed by atoms with E-state index in [1.807, 2.05) is 0 Å². The van der Waals surface area contributed by atoms with E-state index in [9.17, 15) is 17.6 Å². The van der Waals surface area contributed by atoms with E-state index in [1.165, 1.54) is 6.07 Å². The summed E-state index contributed by atoms with van der Waals surface area (Å²) in [6.45, 7) is 0.424. The fourth-order valence-corrected chi connectivity index (χ4v) is 1.99. The fraction of sp³-hybridized carbons (Fsp3) is 0.571. The number of alkyl halides is 3. The third-order valence-corrected chi connectivity index (χ3v) is 3.21. The summed E-state index contributed by atoms with van der Waals surface area (Å²) in [7, 11) is 3.35. The minimum Gasteiger partial charge on any atom is -0.313 e. The highest BCUT2D eigenvalue weighted by Crippen LogP contribution is 2.21. The lowest BCUT2D eigenvalue weighted by Crippen LogP contribution is -2.28. The minimum atomic E-state index is -4.14. The summed E-state index contributed by atoms with van der Waals surface area (Å²) in [5.41, 5.74) is 0.541. The van der Waals surface area contributed by atoms with E-state index in [4.69, 9.17) is 0 Å². The van der Waals surface area contributed by atoms with E-state index in [-0.39, 0.29) is 18.4 Å². The summed E-state index contributed by atoms with van der Waals surface area (Å²) >= 11 is 0. The standard InChI is InChI=1S/C14H20F4N2/c1-19-13(11-5-3-4-6-12(11)15)7-9-20(2)10-8-14(16,17)18/h3-6,13,19H,7-10H2,1-2H3. The molecule has 0 heterocycles. The Kier molecular flexibility index (Phi) is 6.42. The molecule has 0 saturated heterocycles. The molecule has 0 bridgehead atoms. The monoisotopic (exact) mass is 292 g/mol. The molecule has 1 aromatic rings. The van der Waals surface area contributed by atoms with Crippen molar-refractivity contribution in [1.29, 1.82) is 0 Å². The average Bonchev–Trinajstić information content (AvgIpc) is 2.38. The normalized spacial score (nSPS) is 13.8. The van der Waals surface area contributed by atoms with Gasteiger partial charge in [0.25, 0.3) is 0 Å². The molecule has 20 heavy (non-hydrogen) atoms. The summed E-state index contributed by atoms with van der Waals surface area (Å²) in [6, 6.07) is 6.22. The van der Waals surface area contributed by atoms with Gasteiger partial charge in [-0.1, -0.05) is 18.2 Å². The van der Waals surface area contributed by atoms with Crippen LogP contribution in [-0.2, 0) is 0 Å². The van der Waals surface area contributed by atoms with Crippen LogP contribution in [0.4, 0.5) is 17.6 Å². The second-order valence-electron chi connectivity index (χ2n) is 4.82. The summed E-state index contributed by atoms with van der Waals surface area (Å²) in [5.74, 6) is -0.301. The molecule has 1 rings (SSSR count). The van der Waals surface area contributed by atoms with Crippen LogP contribution in [-0.4, -0.2) is 38.3 Å². The second kappa shape index (κ2) is 7.59. The molecule has 114 valence electrons. The average molecular weight is 292 g/mol. The van der Waals surface area contributed by atoms with Gasteiger partial charge in [0.15, 0.2) is 0 Å². The van der Waals surface area contributed by atoms with Crippen molar-refractivity contribution in [2.24, 2.45) is 0 Å². The zero-order valence-electron chi connectivity index (χ0n) is 11.7. The van der Waals surface area contributed by atoms with Crippen molar-refractivity contribution < 1.29 is 17.6 Å². The molecule has 0 spiro atoms. The molecule has 0 aliphatic rings. The Labute approximate surface area is 116 Å². The summed E-state index contributed by atoms with van der Waals surface area (Å²) in [6.07, 6.45) is -4.42. The van der Waals surface area contributed by atoms with Crippen LogP contribution >= 0.6 is 0 Å². The molecular weight excluding hydrogens is 272 g/mol. The van der Waals surface area contributed by atoms with Crippen LogP contribution in [0.5, 0.6) is 0 Å². The van der Waals surface area contributed by atoms with Crippen molar-refractivity contribution in [2.45, 2.75) is 25.1 Å². The maximum absolute atomic E-state index is 13.7. The maximum Gasteiger partial charge on any atom is 0.390 e. The lowest BCUT2D eigenvalue weighted by atomic mass is 10.0. The topological polar surface area (TPSA) is 15.3 Å². The quantitative estimate of drug-likeness (QED) is 0.775. The van der Waals surface area contributed by atoms with Crippen LogP contribution in [0.3, 0.4) is 0 Å². The first-order valence-electron chi connectivity index (χ1n) is 6.50. The Balaban J connectivity index is 2.48. The molecule has 2 nitrogen and oxygen atoms in total. The Morgan fingerprint density at radius 3 is 2.40 bits per heavy atom. The van der Waals surface area contributed by atoms with E-state index in [0.29, 0.717) is 18.5 Å². The van der Waals surface area contributed by atoms with Crippen molar-refractivity contribution in [3.05, 3.63) is 35.6 Å². The van der Waals surface area contributed by atoms with Crippen LogP contribution in [0, 0.1) is 5.82 Å². The predicted molar refractivity (Wildman–Crippen MR) is 71.0 cm³/mol.